The van der Waals surface area contributed by atoms with E-state index in [2.05, 4.69) is 109 Å². The minimum absolute atomic E-state index is 0.0476. The predicted molar refractivity (Wildman–Crippen MR) is 536 cm³/mol. The van der Waals surface area contributed by atoms with Crippen molar-refractivity contribution in [2.24, 2.45) is 10.7 Å². The number of anilines is 6. The number of amides is 3. The van der Waals surface area contributed by atoms with Gasteiger partial charge in [0.25, 0.3) is 5.91 Å². The van der Waals surface area contributed by atoms with Gasteiger partial charge in [-0.2, -0.15) is 10.2 Å². The summed E-state index contributed by atoms with van der Waals surface area (Å²) in [6.07, 6.45) is 19.4. The maximum atomic E-state index is 13.0. The van der Waals surface area contributed by atoms with Crippen LogP contribution in [0.25, 0.3) is 44.7 Å². The summed E-state index contributed by atoms with van der Waals surface area (Å²) in [6.45, 7) is 19.1. The largest absolute Gasteiger partial charge is 0.497 e. The van der Waals surface area contributed by atoms with Crippen molar-refractivity contribution in [3.05, 3.63) is 254 Å². The van der Waals surface area contributed by atoms with Gasteiger partial charge in [0.2, 0.25) is 0 Å². The number of urea groups is 1. The van der Waals surface area contributed by atoms with Crippen LogP contribution in [0.5, 0.6) is 51.7 Å². The number of nitrogens with zero attached hydrogens (tertiary/aromatic N) is 12. The number of pyridine rings is 2. The number of nitrogens with one attached hydrogen (secondary N) is 5. The molecule has 0 radical (unpaired) electrons. The first-order valence-electron chi connectivity index (χ1n) is 44.4. The number of likely N-dealkylation sites (N-methyl/N-ethyl adjacent to an activating group) is 1. The second kappa shape index (κ2) is 45.6. The van der Waals surface area contributed by atoms with Gasteiger partial charge in [-0.15, -0.1) is 0 Å². The third-order valence-electron chi connectivity index (χ3n) is 23.3. The number of aromatic amines is 1. The highest BCUT2D eigenvalue weighted by Gasteiger charge is 2.39. The number of hydrogen-bond acceptors (Lipinski definition) is 25. The molecule has 2 saturated heterocycles. The molecule has 34 heteroatoms. The molecule has 1 saturated carbocycles. The highest BCUT2D eigenvalue weighted by Crippen LogP contribution is 2.46. The summed E-state index contributed by atoms with van der Waals surface area (Å²) in [4.78, 5) is 68.1. The zero-order valence-corrected chi connectivity index (χ0v) is 80.1. The molecule has 13 aromatic rings. The zero-order chi connectivity index (χ0) is 95.4. The number of piperazine rings is 2. The molecule has 8 N–H and O–H groups in total. The van der Waals surface area contributed by atoms with Gasteiger partial charge >= 0.3 is 6.03 Å². The third kappa shape index (κ3) is 25.2. The lowest BCUT2D eigenvalue weighted by atomic mass is 10.00. The summed E-state index contributed by atoms with van der Waals surface area (Å²) in [6, 6.07) is 48.3. The second-order valence-corrected chi connectivity index (χ2v) is 34.5. The molecule has 17 rings (SSSR count). The summed E-state index contributed by atoms with van der Waals surface area (Å²) in [5.74, 6) is 6.93. The smallest absolute Gasteiger partial charge is 0.327 e. The van der Waals surface area contributed by atoms with Crippen LogP contribution in [-0.2, 0) is 13.0 Å². The fourth-order valence-electron chi connectivity index (χ4n) is 15.7. The van der Waals surface area contributed by atoms with Crippen LogP contribution in [0.2, 0.25) is 20.1 Å². The summed E-state index contributed by atoms with van der Waals surface area (Å²) < 4.78 is 46.8. The number of ether oxygens (including phenoxy) is 8. The molecule has 5 aromatic heterocycles. The van der Waals surface area contributed by atoms with E-state index in [1.54, 1.807) is 70.0 Å². The van der Waals surface area contributed by atoms with Crippen LogP contribution >= 0.6 is 46.4 Å². The van der Waals surface area contributed by atoms with Crippen molar-refractivity contribution in [1.29, 1.82) is 0 Å². The lowest BCUT2D eigenvalue weighted by molar-refractivity contribution is 0.0973. The SMILES string of the molecule is CCC(=O)c1cccc2cc(Oc3ccnc4cc(OCC5(N)CC5)c(OC)cc34)ccc12.CCN1CCN(c2ccc(Nc3cc(N(C)C(=O)Nc4c(Cl)c(OC)cc(OC)c4Cl)ncn3)cc2)CC1.COc1cc(CCC2=CC(NC(=O)c3ccc(N4C[C@@H](C)N[C@@H](C)C4)cc3)=NC2)cc(OC)c1.C[C@@H](Oc1ccc2[nH]nc(/C=C/c3cnn(CCO)c3)c2c1)c1c(Cl)cncc1Cl. The maximum absolute atomic E-state index is 13.0. The van der Waals surface area contributed by atoms with Gasteiger partial charge in [-0.25, -0.2) is 14.8 Å². The van der Waals surface area contributed by atoms with Crippen LogP contribution in [0.4, 0.5) is 39.2 Å². The Morgan fingerprint density at radius 2 is 1.38 bits per heavy atom. The van der Waals surface area contributed by atoms with Gasteiger partial charge in [-0.1, -0.05) is 78.5 Å². The monoisotopic (exact) mass is 1910 g/mol. The van der Waals surface area contributed by atoms with Gasteiger partial charge in [0.1, 0.15) is 86.8 Å². The first-order chi connectivity index (χ1) is 65.3. The summed E-state index contributed by atoms with van der Waals surface area (Å²) in [7, 11) is 9.42. The predicted octanol–water partition coefficient (Wildman–Crippen LogP) is 19.4. The van der Waals surface area contributed by atoms with E-state index in [0.29, 0.717) is 117 Å². The standard InChI is InChI=1S/C27H34N4O3.C27H26N2O4.C26H31Cl2N7O3.C21H19Cl2N5O2/c1-18-16-31(17-19(2)29-18)23-9-7-22(8-10-23)27(32)30-26-13-21(15-28-26)6-5-20-11-24(33-3)14-25(12-20)34-4;1-3-23(30)20-6-4-5-17-13-18(7-8-19(17)20)33-24-9-12-29-22-15-26(25(31-2)14-21(22)24)32-16-27(28)10-11-27;1-5-34-10-12-35(13-11-34)18-8-6-17(7-9-18)31-21-15-22(30-16-29-21)33(2)26(36)32-25-23(27)19(37-3)14-20(38-4)24(25)28;1-13(21-17(22)10-24-11-18(21)23)30-15-3-5-20-16(8-15)19(26-27-20)4-2-14-9-25-28(12-14)6-7-29/h7-14,18-19,29H,5-6,15-17H2,1-4H3,(H,28,30,32);4-9,12-15H,3,10-11,16,28H2,1-2H3;6-9,14-16H,5,10-13H2,1-4H3,(H,32,36)(H,29,30,31);2-5,8-13,29H,6-7H2,1H3,(H,26,27)/b;;;4-2+/t18-,19+;;;13-/m...1/s1. The molecule has 0 spiro atoms. The van der Waals surface area contributed by atoms with E-state index in [1.807, 2.05) is 166 Å². The molecule has 3 aliphatic heterocycles. The molecule has 3 atom stereocenters. The van der Waals surface area contributed by atoms with Crippen molar-refractivity contribution < 1.29 is 57.4 Å². The van der Waals surface area contributed by atoms with E-state index in [4.69, 9.17) is 95.1 Å². The number of aryl methyl sites for hydroxylation is 1. The Bertz CT molecular complexity index is 6370. The summed E-state index contributed by atoms with van der Waals surface area (Å²) >= 11 is 25.3. The number of H-pyrrole nitrogens is 1. The summed E-state index contributed by atoms with van der Waals surface area (Å²) in [5.41, 5.74) is 17.0. The average molecular weight is 1910 g/mol. The van der Waals surface area contributed by atoms with Gasteiger partial charge in [0.15, 0.2) is 17.3 Å². The molecule has 1 aliphatic carbocycles. The third-order valence-corrected chi connectivity index (χ3v) is 24.7. The van der Waals surface area contributed by atoms with Crippen LogP contribution in [0.1, 0.15) is 110 Å². The van der Waals surface area contributed by atoms with Crippen LogP contribution in [0, 0.1) is 0 Å². The molecule has 0 unspecified atom stereocenters. The number of Topliss-reactive ketones (excluding diaryl/α,β-unsaturated/α-hetero) is 1. The van der Waals surface area contributed by atoms with Crippen LogP contribution in [0.15, 0.2) is 206 Å². The number of nitrogens with two attached hydrogens (primary N) is 1. The Labute approximate surface area is 804 Å². The van der Waals surface area contributed by atoms with Gasteiger partial charge < -0.3 is 84.7 Å². The number of fused-ring (bicyclic) bond motifs is 3. The number of methoxy groups -OCH3 is 5. The average Bonchev–Trinajstić information content (AvgIpc) is 1.47. The molecule has 3 amide bonds. The van der Waals surface area contributed by atoms with Crippen LogP contribution < -0.4 is 79.6 Å². The van der Waals surface area contributed by atoms with E-state index in [9.17, 15) is 14.4 Å². The van der Waals surface area contributed by atoms with Gasteiger partial charge in [0, 0.05) is 164 Å². The molecule has 30 nitrogen and oxygen atoms in total. The molecule has 4 aliphatic rings. The number of carbonyl (C=O) groups is 3. The quantitative estimate of drug-likeness (QED) is 0.0206. The van der Waals surface area contributed by atoms with Gasteiger partial charge in [-0.3, -0.25) is 39.2 Å². The Kier molecular flexibility index (Phi) is 33.0. The molecular formula is C101H110Cl4N18O12. The lowest BCUT2D eigenvalue weighted by Crippen LogP contribution is -2.54. The van der Waals surface area contributed by atoms with Crippen molar-refractivity contribution in [3.63, 3.8) is 0 Å². The number of aromatic nitrogens is 8. The number of aliphatic hydroxyl groups excluding tert-OH is 1. The molecule has 135 heavy (non-hydrogen) atoms. The van der Waals surface area contributed by atoms with E-state index < -0.39 is 6.03 Å². The van der Waals surface area contributed by atoms with E-state index >= 15 is 0 Å². The van der Waals surface area contributed by atoms with Crippen molar-refractivity contribution >= 4 is 149 Å². The van der Waals surface area contributed by atoms with Crippen molar-refractivity contribution in [2.45, 2.75) is 97.0 Å². The number of rotatable bonds is 30. The zero-order valence-electron chi connectivity index (χ0n) is 77.1. The highest BCUT2D eigenvalue weighted by molar-refractivity contribution is 6.42. The number of hydrogen-bond donors (Lipinski definition) is 7. The molecule has 3 fully saturated rings. The van der Waals surface area contributed by atoms with Gasteiger partial charge in [-0.05, 0) is 202 Å². The number of aliphatic imine (C=N–C) groups is 1. The minimum atomic E-state index is -0.513. The lowest BCUT2D eigenvalue weighted by Gasteiger charge is -2.37. The minimum Gasteiger partial charge on any atom is -0.497 e. The number of carbonyl (C=O) groups excluding carboxylic acids is 3. The molecular weight excluding hydrogens is 1800 g/mol. The number of aliphatic hydroxyl groups is 1. The Morgan fingerprint density at radius 1 is 0.681 bits per heavy atom. The Balaban J connectivity index is 0.000000145. The van der Waals surface area contributed by atoms with Crippen LogP contribution in [-0.4, -0.2) is 199 Å². The first kappa shape index (κ1) is 97.7. The number of halogens is 4. The Morgan fingerprint density at radius 3 is 2.05 bits per heavy atom. The second-order valence-electron chi connectivity index (χ2n) is 33.0. The Hall–Kier alpha value is -13.3. The van der Waals surface area contributed by atoms with E-state index in [1.165, 1.54) is 36.7 Å². The van der Waals surface area contributed by atoms with E-state index in [-0.39, 0.29) is 45.7 Å². The fourth-order valence-corrected chi connectivity index (χ4v) is 17.0. The van der Waals surface area contributed by atoms with Crippen molar-refractivity contribution in [1.82, 2.24) is 55.4 Å². The molecule has 0 bridgehead atoms. The van der Waals surface area contributed by atoms with Crippen molar-refractivity contribution in [3.8, 4) is 51.7 Å². The number of ketones is 1. The topological polar surface area (TPSA) is 343 Å². The maximum Gasteiger partial charge on any atom is 0.327 e. The fraction of sp³-hybridized carbons (Fsp3) is 0.307. The highest BCUT2D eigenvalue weighted by atomic mass is 35.5. The molecule has 8 heterocycles. The first-order valence-corrected chi connectivity index (χ1v) is 45.9. The van der Waals surface area contributed by atoms with E-state index in [0.717, 1.165) is 149 Å². The molecule has 704 valence electrons. The van der Waals surface area contributed by atoms with Crippen molar-refractivity contribution in [2.75, 3.05) is 134 Å². The molecule has 8 aromatic carbocycles. The van der Waals surface area contributed by atoms with Crippen LogP contribution in [0.3, 0.4) is 0 Å². The summed E-state index contributed by atoms with van der Waals surface area (Å²) in [5, 5.41) is 37.9. The number of benzene rings is 8. The number of amidine groups is 1. The van der Waals surface area contributed by atoms with Gasteiger partial charge in [0.05, 0.1) is 99.4 Å². The normalized spacial score (nSPS) is 15.2.